The summed E-state index contributed by atoms with van der Waals surface area (Å²) in [6.07, 6.45) is 5.20. The fourth-order valence-electron chi connectivity index (χ4n) is 2.81. The van der Waals surface area contributed by atoms with Crippen molar-refractivity contribution < 1.29 is 0 Å². The van der Waals surface area contributed by atoms with Crippen LogP contribution in [0, 0.1) is 0 Å². The molecule has 0 radical (unpaired) electrons. The summed E-state index contributed by atoms with van der Waals surface area (Å²) in [7, 11) is 2.20. The van der Waals surface area contributed by atoms with Gasteiger partial charge in [0.15, 0.2) is 0 Å². The first-order valence-corrected chi connectivity index (χ1v) is 7.70. The van der Waals surface area contributed by atoms with Gasteiger partial charge in [0.25, 0.3) is 0 Å². The van der Waals surface area contributed by atoms with Gasteiger partial charge < -0.3 is 10.2 Å². The molecule has 0 saturated carbocycles. The lowest BCUT2D eigenvalue weighted by Gasteiger charge is -2.24. The molecule has 1 atom stereocenters. The number of nitrogens with one attached hydrogen (secondary N) is 1. The molecule has 1 N–H and O–H groups in total. The highest BCUT2D eigenvalue weighted by atomic mass is 15.1. The molecule has 106 valence electrons. The Balaban J connectivity index is 1.93. The Morgan fingerprint density at radius 1 is 1.26 bits per heavy atom. The molecule has 2 rings (SSSR count). The lowest BCUT2D eigenvalue weighted by molar-refractivity contribution is 0.267. The van der Waals surface area contributed by atoms with Crippen LogP contribution >= 0.6 is 0 Å². The Bertz CT molecular complexity index is 387. The van der Waals surface area contributed by atoms with Gasteiger partial charge in [-0.3, -0.25) is 0 Å². The normalized spacial score (nSPS) is 19.5. The zero-order valence-electron chi connectivity index (χ0n) is 12.7. The summed E-state index contributed by atoms with van der Waals surface area (Å²) in [4.78, 5) is 2.40. The molecule has 0 spiro atoms. The van der Waals surface area contributed by atoms with Crippen LogP contribution in [-0.2, 0) is 6.42 Å². The van der Waals surface area contributed by atoms with Gasteiger partial charge >= 0.3 is 0 Å². The second kappa shape index (κ2) is 7.06. The third-order valence-electron chi connectivity index (χ3n) is 4.36. The maximum atomic E-state index is 3.76. The molecule has 0 aliphatic heterocycles. The van der Waals surface area contributed by atoms with Crippen LogP contribution in [0.1, 0.15) is 50.3 Å². The van der Waals surface area contributed by atoms with Crippen molar-refractivity contribution in [2.24, 2.45) is 0 Å². The number of aryl methyl sites for hydroxylation is 1. The lowest BCUT2D eigenvalue weighted by Crippen LogP contribution is -2.35. The van der Waals surface area contributed by atoms with Crippen LogP contribution in [0.15, 0.2) is 24.3 Å². The molecule has 0 bridgehead atoms. The molecular weight excluding hydrogens is 232 g/mol. The van der Waals surface area contributed by atoms with Crippen molar-refractivity contribution in [2.45, 2.75) is 51.6 Å². The Hall–Kier alpha value is -0.860. The van der Waals surface area contributed by atoms with Crippen molar-refractivity contribution in [3.05, 3.63) is 35.4 Å². The third-order valence-corrected chi connectivity index (χ3v) is 4.36. The van der Waals surface area contributed by atoms with Gasteiger partial charge in [-0.2, -0.15) is 0 Å². The minimum atomic E-state index is 0.555. The van der Waals surface area contributed by atoms with Gasteiger partial charge in [0.2, 0.25) is 0 Å². The van der Waals surface area contributed by atoms with E-state index in [9.17, 15) is 0 Å². The van der Waals surface area contributed by atoms with Gasteiger partial charge in [0, 0.05) is 25.2 Å². The summed E-state index contributed by atoms with van der Waals surface area (Å²) in [6.45, 7) is 6.70. The van der Waals surface area contributed by atoms with Gasteiger partial charge in [0.05, 0.1) is 0 Å². The molecule has 1 aliphatic carbocycles. The van der Waals surface area contributed by atoms with Crippen LogP contribution in [0.3, 0.4) is 0 Å². The minimum absolute atomic E-state index is 0.555. The summed E-state index contributed by atoms with van der Waals surface area (Å²) in [5.74, 6) is 0. The summed E-state index contributed by atoms with van der Waals surface area (Å²) in [6, 6.07) is 10.1. The average molecular weight is 260 g/mol. The minimum Gasteiger partial charge on any atom is -0.309 e. The highest BCUT2D eigenvalue weighted by Gasteiger charge is 2.17. The zero-order valence-corrected chi connectivity index (χ0v) is 12.7. The molecule has 0 aromatic heterocycles. The molecule has 1 aliphatic rings. The number of hydrogen-bond donors (Lipinski definition) is 1. The van der Waals surface area contributed by atoms with Gasteiger partial charge in [-0.1, -0.05) is 30.7 Å². The van der Waals surface area contributed by atoms with Crippen LogP contribution in [0.4, 0.5) is 0 Å². The highest BCUT2D eigenvalue weighted by molar-refractivity contribution is 5.31. The zero-order chi connectivity index (χ0) is 13.7. The lowest BCUT2D eigenvalue weighted by atomic mass is 9.99. The average Bonchev–Trinajstić information content (AvgIpc) is 2.61. The number of benzene rings is 1. The Kier molecular flexibility index (Phi) is 5.41. The first kappa shape index (κ1) is 14.5. The van der Waals surface area contributed by atoms with Crippen molar-refractivity contribution in [3.8, 4) is 0 Å². The van der Waals surface area contributed by atoms with Crippen LogP contribution < -0.4 is 5.32 Å². The maximum absolute atomic E-state index is 3.76. The number of nitrogens with zero attached hydrogens (tertiary/aromatic N) is 1. The first-order valence-electron chi connectivity index (χ1n) is 7.70. The predicted octanol–water partition coefficient (Wildman–Crippen LogP) is 3.38. The maximum Gasteiger partial charge on any atom is 0.0323 e. The van der Waals surface area contributed by atoms with E-state index in [2.05, 4.69) is 55.4 Å². The number of rotatable bonds is 5. The van der Waals surface area contributed by atoms with E-state index in [1.54, 1.807) is 5.56 Å². The molecule has 0 fully saturated rings. The van der Waals surface area contributed by atoms with Crippen molar-refractivity contribution in [1.82, 2.24) is 10.2 Å². The molecule has 0 saturated heterocycles. The van der Waals surface area contributed by atoms with E-state index in [-0.39, 0.29) is 0 Å². The molecule has 19 heavy (non-hydrogen) atoms. The molecule has 1 unspecified atom stereocenters. The summed E-state index contributed by atoms with van der Waals surface area (Å²) >= 11 is 0. The highest BCUT2D eigenvalue weighted by Crippen LogP contribution is 2.28. The van der Waals surface area contributed by atoms with Gasteiger partial charge in [-0.15, -0.1) is 0 Å². The van der Waals surface area contributed by atoms with Gasteiger partial charge in [0.1, 0.15) is 0 Å². The summed E-state index contributed by atoms with van der Waals surface area (Å²) in [5.41, 5.74) is 3.09. The number of fused-ring (bicyclic) bond motifs is 1. The van der Waals surface area contributed by atoms with E-state index in [0.717, 1.165) is 13.1 Å². The van der Waals surface area contributed by atoms with E-state index in [1.807, 2.05) is 0 Å². The van der Waals surface area contributed by atoms with Crippen LogP contribution in [-0.4, -0.2) is 31.1 Å². The van der Waals surface area contributed by atoms with E-state index in [0.29, 0.717) is 12.1 Å². The first-order chi connectivity index (χ1) is 9.18. The topological polar surface area (TPSA) is 15.3 Å². The third kappa shape index (κ3) is 4.05. The van der Waals surface area contributed by atoms with Crippen LogP contribution in [0.25, 0.3) is 0 Å². The second-order valence-corrected chi connectivity index (χ2v) is 6.03. The molecule has 1 aromatic rings. The second-order valence-electron chi connectivity index (χ2n) is 6.03. The molecule has 0 amide bonds. The SMILES string of the molecule is CC(C)N(C)CCNC1CCCCc2ccccc21. The van der Waals surface area contributed by atoms with Gasteiger partial charge in [-0.25, -0.2) is 0 Å². The molecular formula is C17H28N2. The largest absolute Gasteiger partial charge is 0.309 e. The van der Waals surface area contributed by atoms with Crippen LogP contribution in [0.2, 0.25) is 0 Å². The molecule has 2 heteroatoms. The van der Waals surface area contributed by atoms with Crippen molar-refractivity contribution >= 4 is 0 Å². The quantitative estimate of drug-likeness (QED) is 0.816. The van der Waals surface area contributed by atoms with E-state index >= 15 is 0 Å². The predicted molar refractivity (Wildman–Crippen MR) is 82.5 cm³/mol. The Morgan fingerprint density at radius 3 is 2.84 bits per heavy atom. The smallest absolute Gasteiger partial charge is 0.0323 e. The van der Waals surface area contributed by atoms with Crippen LogP contribution in [0.5, 0.6) is 0 Å². The fraction of sp³-hybridized carbons (Fsp3) is 0.647. The van der Waals surface area contributed by atoms with Crippen molar-refractivity contribution in [2.75, 3.05) is 20.1 Å². The van der Waals surface area contributed by atoms with Crippen molar-refractivity contribution in [3.63, 3.8) is 0 Å². The monoisotopic (exact) mass is 260 g/mol. The van der Waals surface area contributed by atoms with E-state index in [4.69, 9.17) is 0 Å². The van der Waals surface area contributed by atoms with Crippen molar-refractivity contribution in [1.29, 1.82) is 0 Å². The van der Waals surface area contributed by atoms with E-state index in [1.165, 1.54) is 31.2 Å². The number of likely N-dealkylation sites (N-methyl/N-ethyl adjacent to an activating group) is 1. The Labute approximate surface area is 118 Å². The summed E-state index contributed by atoms with van der Waals surface area (Å²) in [5, 5.41) is 3.76. The molecule has 0 heterocycles. The summed E-state index contributed by atoms with van der Waals surface area (Å²) < 4.78 is 0. The van der Waals surface area contributed by atoms with Gasteiger partial charge in [-0.05, 0) is 51.3 Å². The van der Waals surface area contributed by atoms with E-state index < -0.39 is 0 Å². The Morgan fingerprint density at radius 2 is 2.05 bits per heavy atom. The number of hydrogen-bond acceptors (Lipinski definition) is 2. The molecule has 1 aromatic carbocycles. The fourth-order valence-corrected chi connectivity index (χ4v) is 2.81. The molecule has 2 nitrogen and oxygen atoms in total. The standard InChI is InChI=1S/C17H28N2/c1-14(2)19(3)13-12-18-17-11-7-5-9-15-8-4-6-10-16(15)17/h4,6,8,10,14,17-18H,5,7,9,11-13H2,1-3H3.